The summed E-state index contributed by atoms with van der Waals surface area (Å²) in [6.45, 7) is 2.01. The molecule has 4 nitrogen and oxygen atoms in total. The van der Waals surface area contributed by atoms with Crippen LogP contribution in [0.5, 0.6) is 5.75 Å². The average molecular weight is 562 g/mol. The summed E-state index contributed by atoms with van der Waals surface area (Å²) in [5.41, 5.74) is 2.57. The fourth-order valence-electron chi connectivity index (χ4n) is 2.05. The van der Waals surface area contributed by atoms with E-state index in [2.05, 4.69) is 55.5 Å². The van der Waals surface area contributed by atoms with Crippen LogP contribution in [0.25, 0.3) is 6.08 Å². The zero-order chi connectivity index (χ0) is 17.3. The van der Waals surface area contributed by atoms with E-state index in [1.54, 1.807) is 6.08 Å². The SMILES string of the molecule is Cc1ccc(N=C2NC(=O)/C(=C\c3cc(I)cc(I)c3O)S2)cc1. The van der Waals surface area contributed by atoms with Crippen LogP contribution < -0.4 is 5.32 Å². The number of amidine groups is 1. The molecule has 0 unspecified atom stereocenters. The molecule has 0 bridgehead atoms. The number of benzene rings is 2. The van der Waals surface area contributed by atoms with Gasteiger partial charge >= 0.3 is 0 Å². The Labute approximate surface area is 171 Å². The minimum Gasteiger partial charge on any atom is -0.506 e. The van der Waals surface area contributed by atoms with Gasteiger partial charge < -0.3 is 10.4 Å². The number of amides is 1. The molecule has 24 heavy (non-hydrogen) atoms. The molecule has 0 aromatic heterocycles. The van der Waals surface area contributed by atoms with E-state index in [9.17, 15) is 9.90 Å². The molecular formula is C17H12I2N2O2S. The number of rotatable bonds is 2. The third-order valence-corrected chi connectivity index (χ3v) is 5.61. The van der Waals surface area contributed by atoms with Crippen molar-refractivity contribution in [3.05, 3.63) is 59.6 Å². The van der Waals surface area contributed by atoms with Crippen molar-refractivity contribution in [2.45, 2.75) is 6.92 Å². The number of aryl methyl sites for hydroxylation is 1. The molecule has 0 radical (unpaired) electrons. The molecule has 1 heterocycles. The van der Waals surface area contributed by atoms with Gasteiger partial charge in [0.25, 0.3) is 5.91 Å². The third kappa shape index (κ3) is 4.12. The fraction of sp³-hybridized carbons (Fsp3) is 0.0588. The summed E-state index contributed by atoms with van der Waals surface area (Å²) in [5, 5.41) is 13.5. The lowest BCUT2D eigenvalue weighted by Gasteiger charge is -2.03. The van der Waals surface area contributed by atoms with E-state index in [0.717, 1.165) is 18.4 Å². The molecule has 1 aliphatic heterocycles. The summed E-state index contributed by atoms with van der Waals surface area (Å²) in [5.74, 6) is -0.0278. The van der Waals surface area contributed by atoms with Crippen LogP contribution in [0.1, 0.15) is 11.1 Å². The number of nitrogens with one attached hydrogen (secondary N) is 1. The second kappa shape index (κ2) is 7.44. The predicted molar refractivity (Wildman–Crippen MR) is 116 cm³/mol. The highest BCUT2D eigenvalue weighted by Crippen LogP contribution is 2.33. The minimum atomic E-state index is -0.209. The molecule has 2 aromatic carbocycles. The normalized spacial score (nSPS) is 17.5. The van der Waals surface area contributed by atoms with Crippen molar-refractivity contribution < 1.29 is 9.90 Å². The molecule has 0 saturated carbocycles. The van der Waals surface area contributed by atoms with Crippen molar-refractivity contribution in [1.82, 2.24) is 5.32 Å². The largest absolute Gasteiger partial charge is 0.506 e. The van der Waals surface area contributed by atoms with Crippen LogP contribution in [0.3, 0.4) is 0 Å². The first kappa shape index (κ1) is 17.7. The smallest absolute Gasteiger partial charge is 0.264 e. The van der Waals surface area contributed by atoms with Crippen LogP contribution in [-0.4, -0.2) is 16.2 Å². The van der Waals surface area contributed by atoms with Gasteiger partial charge in [0.15, 0.2) is 5.17 Å². The highest BCUT2D eigenvalue weighted by molar-refractivity contribution is 14.1. The first-order chi connectivity index (χ1) is 11.4. The average Bonchev–Trinajstić information content (AvgIpc) is 2.86. The molecular weight excluding hydrogens is 550 g/mol. The molecule has 1 amide bonds. The Morgan fingerprint density at radius 3 is 2.62 bits per heavy atom. The minimum absolute atomic E-state index is 0.181. The Hall–Kier alpha value is -1.07. The number of carbonyl (C=O) groups excluding carboxylic acids is 1. The standard InChI is InChI=1S/C17H12I2N2O2S/c1-9-2-4-12(5-3-9)20-17-21-16(23)14(24-17)7-10-6-11(18)8-13(19)15(10)22/h2-8,22H,1H3,(H,20,21,23)/b14-7+. The molecule has 0 aliphatic carbocycles. The summed E-state index contributed by atoms with van der Waals surface area (Å²) < 4.78 is 1.75. The first-order valence-electron chi connectivity index (χ1n) is 6.96. The quantitative estimate of drug-likeness (QED) is 0.409. The molecule has 3 rings (SSSR count). The Morgan fingerprint density at radius 2 is 1.92 bits per heavy atom. The van der Waals surface area contributed by atoms with E-state index in [4.69, 9.17) is 0 Å². The van der Waals surface area contributed by atoms with Crippen LogP contribution in [0, 0.1) is 14.1 Å². The van der Waals surface area contributed by atoms with Crippen molar-refractivity contribution in [3.63, 3.8) is 0 Å². The summed E-state index contributed by atoms with van der Waals surface area (Å²) in [6, 6.07) is 11.5. The molecule has 122 valence electrons. The number of phenols is 1. The summed E-state index contributed by atoms with van der Waals surface area (Å²) in [4.78, 5) is 17.1. The maximum atomic E-state index is 12.1. The maximum absolute atomic E-state index is 12.1. The van der Waals surface area contributed by atoms with E-state index >= 15 is 0 Å². The molecule has 1 fully saturated rings. The van der Waals surface area contributed by atoms with Crippen LogP contribution in [0.2, 0.25) is 0 Å². The summed E-state index contributed by atoms with van der Waals surface area (Å²) in [7, 11) is 0. The van der Waals surface area contributed by atoms with Gasteiger partial charge in [0.05, 0.1) is 14.2 Å². The molecule has 0 atom stereocenters. The van der Waals surface area contributed by atoms with Gasteiger partial charge in [-0.3, -0.25) is 4.79 Å². The van der Waals surface area contributed by atoms with Gasteiger partial charge in [-0.2, -0.15) is 0 Å². The van der Waals surface area contributed by atoms with Crippen molar-refractivity contribution in [2.75, 3.05) is 0 Å². The fourth-order valence-corrected chi connectivity index (χ4v) is 4.78. The number of halogens is 2. The van der Waals surface area contributed by atoms with Crippen molar-refractivity contribution in [1.29, 1.82) is 0 Å². The topological polar surface area (TPSA) is 61.7 Å². The number of hydrogen-bond donors (Lipinski definition) is 2. The van der Waals surface area contributed by atoms with E-state index in [-0.39, 0.29) is 11.7 Å². The molecule has 2 N–H and O–H groups in total. The first-order valence-corrected chi connectivity index (χ1v) is 9.94. The monoisotopic (exact) mass is 562 g/mol. The number of nitrogens with zero attached hydrogens (tertiary/aromatic N) is 1. The lowest BCUT2D eigenvalue weighted by Crippen LogP contribution is -2.19. The summed E-state index contributed by atoms with van der Waals surface area (Å²) >= 11 is 5.53. The number of hydrogen-bond acceptors (Lipinski definition) is 4. The second-order valence-corrected chi connectivity index (χ2v) is 8.58. The Bertz CT molecular complexity index is 877. The van der Waals surface area contributed by atoms with E-state index < -0.39 is 0 Å². The summed E-state index contributed by atoms with van der Waals surface area (Å²) in [6.07, 6.45) is 1.69. The van der Waals surface area contributed by atoms with E-state index in [1.165, 1.54) is 11.8 Å². The van der Waals surface area contributed by atoms with Crippen LogP contribution in [0.4, 0.5) is 5.69 Å². The van der Waals surface area contributed by atoms with E-state index in [0.29, 0.717) is 15.6 Å². The zero-order valence-corrected chi connectivity index (χ0v) is 17.6. The highest BCUT2D eigenvalue weighted by Gasteiger charge is 2.24. The van der Waals surface area contributed by atoms with E-state index in [1.807, 2.05) is 43.3 Å². The van der Waals surface area contributed by atoms with Crippen LogP contribution in [-0.2, 0) is 4.79 Å². The van der Waals surface area contributed by atoms with Crippen molar-refractivity contribution in [2.24, 2.45) is 4.99 Å². The third-order valence-electron chi connectivity index (χ3n) is 3.26. The predicted octanol–water partition coefficient (Wildman–Crippen LogP) is 4.80. The second-order valence-electron chi connectivity index (χ2n) is 5.14. The van der Waals surface area contributed by atoms with Gasteiger partial charge in [-0.15, -0.1) is 0 Å². The van der Waals surface area contributed by atoms with Crippen molar-refractivity contribution >= 4 is 79.8 Å². The molecule has 1 saturated heterocycles. The number of thioether (sulfide) groups is 1. The number of carbonyl (C=O) groups is 1. The molecule has 7 heteroatoms. The Morgan fingerprint density at radius 1 is 1.21 bits per heavy atom. The lowest BCUT2D eigenvalue weighted by atomic mass is 10.2. The molecule has 0 spiro atoms. The van der Waals surface area contributed by atoms with Gasteiger partial charge in [0.2, 0.25) is 0 Å². The lowest BCUT2D eigenvalue weighted by molar-refractivity contribution is -0.115. The van der Waals surface area contributed by atoms with Crippen LogP contribution in [0.15, 0.2) is 46.3 Å². The number of aliphatic imine (C=N–C) groups is 1. The van der Waals surface area contributed by atoms with Crippen LogP contribution >= 0.6 is 56.9 Å². The highest BCUT2D eigenvalue weighted by atomic mass is 127. The van der Waals surface area contributed by atoms with Crippen molar-refractivity contribution in [3.8, 4) is 5.75 Å². The van der Waals surface area contributed by atoms with Gasteiger partial charge in [0, 0.05) is 9.13 Å². The number of aromatic hydroxyl groups is 1. The number of phenolic OH excluding ortho intramolecular Hbond substituents is 1. The van der Waals surface area contributed by atoms with Gasteiger partial charge in [-0.25, -0.2) is 4.99 Å². The Kier molecular flexibility index (Phi) is 5.50. The van der Waals surface area contributed by atoms with Gasteiger partial charge in [0.1, 0.15) is 5.75 Å². The molecule has 2 aromatic rings. The maximum Gasteiger partial charge on any atom is 0.264 e. The van der Waals surface area contributed by atoms with Gasteiger partial charge in [-0.05, 0) is 94.2 Å². The zero-order valence-electron chi connectivity index (χ0n) is 12.5. The van der Waals surface area contributed by atoms with Gasteiger partial charge in [-0.1, -0.05) is 17.7 Å². The molecule has 1 aliphatic rings. The Balaban J connectivity index is 1.89.